The molecular formula is C16H30N2. The van der Waals surface area contributed by atoms with Crippen molar-refractivity contribution < 1.29 is 0 Å². The predicted octanol–water partition coefficient (Wildman–Crippen LogP) is 3.30. The lowest BCUT2D eigenvalue weighted by Gasteiger charge is -2.49. The van der Waals surface area contributed by atoms with Gasteiger partial charge in [-0.1, -0.05) is 32.1 Å². The van der Waals surface area contributed by atoms with Crippen LogP contribution in [0.25, 0.3) is 0 Å². The lowest BCUT2D eigenvalue weighted by molar-refractivity contribution is 0.0146. The highest BCUT2D eigenvalue weighted by Gasteiger charge is 2.38. The molecule has 3 fully saturated rings. The second kappa shape index (κ2) is 5.92. The zero-order valence-corrected chi connectivity index (χ0v) is 11.8. The molecule has 104 valence electrons. The molecule has 3 aliphatic rings. The Balaban J connectivity index is 1.71. The summed E-state index contributed by atoms with van der Waals surface area (Å²) in [5.41, 5.74) is 6.49. The van der Waals surface area contributed by atoms with Gasteiger partial charge in [0.1, 0.15) is 0 Å². The van der Waals surface area contributed by atoms with Gasteiger partial charge in [-0.2, -0.15) is 0 Å². The minimum atomic E-state index is 0.452. The molecule has 0 aromatic carbocycles. The summed E-state index contributed by atoms with van der Waals surface area (Å²) in [4.78, 5) is 2.86. The monoisotopic (exact) mass is 250 g/mol. The van der Waals surface area contributed by atoms with Gasteiger partial charge in [-0.25, -0.2) is 0 Å². The van der Waals surface area contributed by atoms with E-state index in [-0.39, 0.29) is 0 Å². The van der Waals surface area contributed by atoms with Gasteiger partial charge in [0.2, 0.25) is 0 Å². The highest BCUT2D eigenvalue weighted by atomic mass is 15.2. The van der Waals surface area contributed by atoms with Gasteiger partial charge < -0.3 is 5.73 Å². The number of likely N-dealkylation sites (tertiary alicyclic amines) is 1. The molecule has 18 heavy (non-hydrogen) atoms. The van der Waals surface area contributed by atoms with Crippen LogP contribution in [0.1, 0.15) is 70.6 Å². The maximum absolute atomic E-state index is 6.49. The minimum absolute atomic E-state index is 0.452. The summed E-state index contributed by atoms with van der Waals surface area (Å²) in [6, 6.07) is 2.05. The quantitative estimate of drug-likeness (QED) is 0.724. The molecule has 2 aliphatic carbocycles. The summed E-state index contributed by atoms with van der Waals surface area (Å²) < 4.78 is 0. The molecule has 4 atom stereocenters. The van der Waals surface area contributed by atoms with Crippen LogP contribution in [0.15, 0.2) is 0 Å². The van der Waals surface area contributed by atoms with E-state index in [0.717, 1.165) is 12.0 Å². The van der Waals surface area contributed by atoms with Crippen molar-refractivity contribution in [3.8, 4) is 0 Å². The first-order valence-electron chi connectivity index (χ1n) is 8.37. The first-order valence-corrected chi connectivity index (χ1v) is 8.37. The molecule has 0 bridgehead atoms. The number of nitrogens with zero attached hydrogens (tertiary/aromatic N) is 1. The lowest BCUT2D eigenvalue weighted by Crippen LogP contribution is -2.56. The van der Waals surface area contributed by atoms with Crippen LogP contribution in [0.4, 0.5) is 0 Å². The number of fused-ring (bicyclic) bond motifs is 1. The number of nitrogens with two attached hydrogens (primary N) is 1. The minimum Gasteiger partial charge on any atom is -0.326 e. The van der Waals surface area contributed by atoms with E-state index in [1.54, 1.807) is 0 Å². The molecule has 1 heterocycles. The highest BCUT2D eigenvalue weighted by molar-refractivity contribution is 4.94. The van der Waals surface area contributed by atoms with Gasteiger partial charge in [0.15, 0.2) is 0 Å². The molecule has 2 heteroatoms. The summed E-state index contributed by atoms with van der Waals surface area (Å²) in [6.45, 7) is 1.33. The number of hydrogen-bond donors (Lipinski definition) is 1. The van der Waals surface area contributed by atoms with Crippen molar-refractivity contribution in [2.75, 3.05) is 6.54 Å². The fourth-order valence-corrected chi connectivity index (χ4v) is 4.80. The van der Waals surface area contributed by atoms with E-state index in [1.807, 2.05) is 0 Å². The fraction of sp³-hybridized carbons (Fsp3) is 1.00. The Hall–Kier alpha value is -0.0800. The second-order valence-electron chi connectivity index (χ2n) is 6.86. The van der Waals surface area contributed by atoms with Gasteiger partial charge in [-0.05, 0) is 51.0 Å². The maximum Gasteiger partial charge on any atom is 0.0250 e. The lowest BCUT2D eigenvalue weighted by atomic mass is 9.77. The van der Waals surface area contributed by atoms with E-state index < -0.39 is 0 Å². The standard InChI is InChI=1S/C16H30N2/c17-14-9-2-1-3-11-16(14)18-12-6-8-13-7-4-5-10-15(13)18/h13-16H,1-12,17H2. The first-order chi connectivity index (χ1) is 8.86. The molecule has 0 aromatic rings. The van der Waals surface area contributed by atoms with Crippen LogP contribution >= 0.6 is 0 Å². The predicted molar refractivity (Wildman–Crippen MR) is 76.5 cm³/mol. The van der Waals surface area contributed by atoms with Crippen LogP contribution in [-0.4, -0.2) is 29.6 Å². The van der Waals surface area contributed by atoms with Crippen LogP contribution in [0.2, 0.25) is 0 Å². The van der Waals surface area contributed by atoms with Crippen molar-refractivity contribution in [3.63, 3.8) is 0 Å². The molecular weight excluding hydrogens is 220 g/mol. The zero-order valence-electron chi connectivity index (χ0n) is 11.8. The third-order valence-corrected chi connectivity index (χ3v) is 5.74. The Labute approximate surface area is 112 Å². The van der Waals surface area contributed by atoms with E-state index >= 15 is 0 Å². The van der Waals surface area contributed by atoms with E-state index in [0.29, 0.717) is 12.1 Å². The topological polar surface area (TPSA) is 29.3 Å². The van der Waals surface area contributed by atoms with E-state index in [4.69, 9.17) is 5.73 Å². The van der Waals surface area contributed by atoms with Crippen LogP contribution in [0.3, 0.4) is 0 Å². The summed E-state index contributed by atoms with van der Waals surface area (Å²) in [5, 5.41) is 0. The van der Waals surface area contributed by atoms with Crippen molar-refractivity contribution in [1.29, 1.82) is 0 Å². The number of hydrogen-bond acceptors (Lipinski definition) is 2. The average molecular weight is 250 g/mol. The second-order valence-corrected chi connectivity index (χ2v) is 6.86. The summed E-state index contributed by atoms with van der Waals surface area (Å²) >= 11 is 0. The SMILES string of the molecule is NC1CCCCCC1N1CCCC2CCCCC21. The van der Waals surface area contributed by atoms with Crippen molar-refractivity contribution in [1.82, 2.24) is 4.90 Å². The Morgan fingerprint density at radius 3 is 2.28 bits per heavy atom. The van der Waals surface area contributed by atoms with E-state index in [2.05, 4.69) is 4.90 Å². The Morgan fingerprint density at radius 2 is 1.33 bits per heavy atom. The molecule has 1 aliphatic heterocycles. The molecule has 3 rings (SSSR count). The third-order valence-electron chi connectivity index (χ3n) is 5.74. The van der Waals surface area contributed by atoms with Gasteiger partial charge in [0.25, 0.3) is 0 Å². The fourth-order valence-electron chi connectivity index (χ4n) is 4.80. The van der Waals surface area contributed by atoms with Gasteiger partial charge in [0.05, 0.1) is 0 Å². The smallest absolute Gasteiger partial charge is 0.0250 e. The maximum atomic E-state index is 6.49. The van der Waals surface area contributed by atoms with E-state index in [1.165, 1.54) is 77.2 Å². The Kier molecular flexibility index (Phi) is 4.25. The molecule has 0 radical (unpaired) electrons. The first kappa shape index (κ1) is 12.9. The third kappa shape index (κ3) is 2.60. The van der Waals surface area contributed by atoms with Crippen LogP contribution in [0, 0.1) is 5.92 Å². The Morgan fingerprint density at radius 1 is 0.667 bits per heavy atom. The van der Waals surface area contributed by atoms with Crippen LogP contribution in [-0.2, 0) is 0 Å². The van der Waals surface area contributed by atoms with Gasteiger partial charge in [-0.3, -0.25) is 4.90 Å². The van der Waals surface area contributed by atoms with Crippen LogP contribution < -0.4 is 5.73 Å². The number of rotatable bonds is 1. The number of piperidine rings is 1. The molecule has 2 N–H and O–H groups in total. The van der Waals surface area contributed by atoms with Gasteiger partial charge >= 0.3 is 0 Å². The molecule has 0 amide bonds. The Bertz CT molecular complexity index is 264. The molecule has 1 saturated heterocycles. The van der Waals surface area contributed by atoms with E-state index in [9.17, 15) is 0 Å². The average Bonchev–Trinajstić information content (AvgIpc) is 2.63. The molecule has 2 nitrogen and oxygen atoms in total. The van der Waals surface area contributed by atoms with Crippen molar-refractivity contribution in [2.24, 2.45) is 11.7 Å². The largest absolute Gasteiger partial charge is 0.326 e. The van der Waals surface area contributed by atoms with Crippen LogP contribution in [0.5, 0.6) is 0 Å². The normalized spacial score (nSPS) is 43.2. The van der Waals surface area contributed by atoms with Gasteiger partial charge in [0, 0.05) is 18.1 Å². The van der Waals surface area contributed by atoms with Gasteiger partial charge in [-0.15, -0.1) is 0 Å². The molecule has 0 aromatic heterocycles. The molecule has 2 saturated carbocycles. The highest BCUT2D eigenvalue weighted by Crippen LogP contribution is 2.38. The van der Waals surface area contributed by atoms with Crippen molar-refractivity contribution in [2.45, 2.75) is 88.8 Å². The summed E-state index contributed by atoms with van der Waals surface area (Å²) in [7, 11) is 0. The molecule has 0 spiro atoms. The zero-order chi connectivity index (χ0) is 12.4. The molecule has 4 unspecified atom stereocenters. The van der Waals surface area contributed by atoms with Crippen molar-refractivity contribution in [3.05, 3.63) is 0 Å². The van der Waals surface area contributed by atoms with Crippen molar-refractivity contribution >= 4 is 0 Å². The summed E-state index contributed by atoms with van der Waals surface area (Å²) in [6.07, 6.45) is 15.6. The summed E-state index contributed by atoms with van der Waals surface area (Å²) in [5.74, 6) is 1.00.